The molecule has 41 heavy (non-hydrogen) atoms. The molecule has 0 spiro atoms. The molecule has 1 heterocycles. The van der Waals surface area contributed by atoms with Crippen molar-refractivity contribution < 1.29 is 49.7 Å². The van der Waals surface area contributed by atoms with Crippen molar-refractivity contribution in [3.8, 4) is 22.8 Å². The first kappa shape index (κ1) is 28.8. The molecule has 0 bridgehead atoms. The van der Waals surface area contributed by atoms with Gasteiger partial charge >= 0.3 is 12.1 Å². The molecule has 5 rings (SSSR count). The van der Waals surface area contributed by atoms with Gasteiger partial charge < -0.3 is 14.6 Å². The minimum absolute atomic E-state index is 0.00558. The van der Waals surface area contributed by atoms with E-state index in [4.69, 9.17) is 9.47 Å². The average molecular weight is 598 g/mol. The number of hydrogen-bond acceptors (Lipinski definition) is 6. The predicted molar refractivity (Wildman–Crippen MR) is 136 cm³/mol. The van der Waals surface area contributed by atoms with Crippen molar-refractivity contribution in [2.24, 2.45) is 11.8 Å². The number of carboxylic acid groups (broad SMARTS) is 1. The third kappa shape index (κ3) is 6.14. The highest BCUT2D eigenvalue weighted by Crippen LogP contribution is 2.61. The molecule has 218 valence electrons. The molecular weight excluding hydrogens is 573 g/mol. The largest absolute Gasteiger partial charge is 0.493 e. The summed E-state index contributed by atoms with van der Waals surface area (Å²) >= 11 is 0. The molecule has 0 radical (unpaired) electrons. The summed E-state index contributed by atoms with van der Waals surface area (Å²) in [5.74, 6) is -3.69. The number of carbonyl (C=O) groups is 1. The molecule has 13 heteroatoms. The van der Waals surface area contributed by atoms with Crippen molar-refractivity contribution in [1.82, 2.24) is 4.98 Å². The van der Waals surface area contributed by atoms with Gasteiger partial charge in [-0.15, -0.1) is 0 Å². The summed E-state index contributed by atoms with van der Waals surface area (Å²) in [7, 11) is -3.21. The number of hydrogen-bond donors (Lipinski definition) is 1. The normalized spacial score (nSPS) is 19.4. The van der Waals surface area contributed by atoms with Gasteiger partial charge in [-0.3, -0.25) is 4.79 Å². The molecular formula is C28H24F5NO6S. The molecule has 2 aliphatic rings. The lowest BCUT2D eigenvalue weighted by molar-refractivity contribution is -0.139. The number of carboxylic acids is 1. The quantitative estimate of drug-likeness (QED) is 0.246. The smallest absolute Gasteiger partial charge is 0.417 e. The van der Waals surface area contributed by atoms with Gasteiger partial charge in [-0.1, -0.05) is 0 Å². The maximum Gasteiger partial charge on any atom is 0.417 e. The summed E-state index contributed by atoms with van der Waals surface area (Å²) < 4.78 is 105. The number of halogens is 5. The van der Waals surface area contributed by atoms with Crippen LogP contribution >= 0.6 is 0 Å². The number of rotatable bonds is 10. The standard InChI is InChI=1S/C28H24F5NO6S/c1-41(37,38)6-2-5-39-16-3-4-17(23(30)10-16)18-8-15(22(29)11-21(18)28(31,32)33)13-40-24-9-14-7-19-25(20(14)12-34-24)26(19)27(35)36/h3-4,8-12,19,25-26H,2,5-7,13H2,1H3,(H,35,36)/t19-,25-,26+/m1/s1. The average Bonchev–Trinajstić information content (AvgIpc) is 3.47. The number of aliphatic carboxylic acids is 1. The monoisotopic (exact) mass is 597 g/mol. The zero-order chi connectivity index (χ0) is 29.7. The summed E-state index contributed by atoms with van der Waals surface area (Å²) in [5.41, 5.74) is -0.995. The van der Waals surface area contributed by atoms with Crippen molar-refractivity contribution in [3.63, 3.8) is 0 Å². The van der Waals surface area contributed by atoms with Crippen molar-refractivity contribution >= 4 is 15.8 Å². The lowest BCUT2D eigenvalue weighted by Crippen LogP contribution is -2.11. The third-order valence-corrected chi connectivity index (χ3v) is 8.32. The van der Waals surface area contributed by atoms with Crippen LogP contribution in [0.3, 0.4) is 0 Å². The van der Waals surface area contributed by atoms with E-state index >= 15 is 4.39 Å². The number of sulfone groups is 1. The second kappa shape index (κ2) is 10.6. The van der Waals surface area contributed by atoms with E-state index in [0.29, 0.717) is 12.5 Å². The van der Waals surface area contributed by atoms with E-state index < -0.39 is 62.8 Å². The second-order valence-corrected chi connectivity index (χ2v) is 12.5. The molecule has 7 nitrogen and oxygen atoms in total. The van der Waals surface area contributed by atoms with E-state index in [0.717, 1.165) is 35.6 Å². The fourth-order valence-electron chi connectivity index (χ4n) is 5.34. The van der Waals surface area contributed by atoms with Crippen LogP contribution in [0.4, 0.5) is 22.0 Å². The minimum atomic E-state index is -4.99. The SMILES string of the molecule is CS(=O)(=O)CCCOc1ccc(-c2cc(COc3cc4c(cn3)[C@H]3[C@@H](C4)[C@@H]3C(=O)O)c(F)cc2C(F)(F)F)c(F)c1. The maximum absolute atomic E-state index is 15.0. The molecule has 0 saturated heterocycles. The van der Waals surface area contributed by atoms with Gasteiger partial charge in [0.05, 0.1) is 23.8 Å². The van der Waals surface area contributed by atoms with Gasteiger partial charge in [-0.2, -0.15) is 13.2 Å². The molecule has 0 aliphatic heterocycles. The van der Waals surface area contributed by atoms with Crippen LogP contribution in [0.25, 0.3) is 11.1 Å². The van der Waals surface area contributed by atoms with Crippen LogP contribution in [0.2, 0.25) is 0 Å². The van der Waals surface area contributed by atoms with E-state index in [1.165, 1.54) is 12.3 Å². The Morgan fingerprint density at radius 1 is 1.07 bits per heavy atom. The topological polar surface area (TPSA) is 103 Å². The van der Waals surface area contributed by atoms with Gasteiger partial charge in [0.15, 0.2) is 0 Å². The maximum atomic E-state index is 15.0. The Hall–Kier alpha value is -3.74. The summed E-state index contributed by atoms with van der Waals surface area (Å²) in [6, 6.07) is 5.97. The first-order chi connectivity index (χ1) is 19.2. The summed E-state index contributed by atoms with van der Waals surface area (Å²) in [6.45, 7) is -0.535. The minimum Gasteiger partial charge on any atom is -0.493 e. The fourth-order valence-corrected chi connectivity index (χ4v) is 5.98. The van der Waals surface area contributed by atoms with Crippen molar-refractivity contribution in [3.05, 3.63) is 76.5 Å². The van der Waals surface area contributed by atoms with E-state index in [-0.39, 0.29) is 47.8 Å². The number of pyridine rings is 1. The van der Waals surface area contributed by atoms with Crippen molar-refractivity contribution in [1.29, 1.82) is 0 Å². The zero-order valence-electron chi connectivity index (χ0n) is 21.5. The number of fused-ring (bicyclic) bond motifs is 3. The summed E-state index contributed by atoms with van der Waals surface area (Å²) in [5, 5.41) is 9.25. The zero-order valence-corrected chi connectivity index (χ0v) is 22.4. The van der Waals surface area contributed by atoms with Crippen LogP contribution in [0.1, 0.15) is 34.6 Å². The highest BCUT2D eigenvalue weighted by atomic mass is 32.2. The molecule has 2 aromatic carbocycles. The number of benzene rings is 2. The van der Waals surface area contributed by atoms with E-state index in [1.807, 2.05) is 0 Å². The van der Waals surface area contributed by atoms with Crippen molar-refractivity contribution in [2.45, 2.75) is 31.5 Å². The summed E-state index contributed by atoms with van der Waals surface area (Å²) in [4.78, 5) is 15.4. The van der Waals surface area contributed by atoms with Crippen LogP contribution in [0.15, 0.2) is 42.6 Å². The van der Waals surface area contributed by atoms with Gasteiger partial charge in [-0.25, -0.2) is 22.2 Å². The van der Waals surface area contributed by atoms with Gasteiger partial charge in [-0.05, 0) is 59.7 Å². The Balaban J connectivity index is 1.35. The molecule has 2 aliphatic carbocycles. The van der Waals surface area contributed by atoms with Gasteiger partial charge in [0, 0.05) is 41.6 Å². The van der Waals surface area contributed by atoms with Gasteiger partial charge in [0.2, 0.25) is 5.88 Å². The molecule has 0 amide bonds. The molecule has 3 aromatic rings. The highest BCUT2D eigenvalue weighted by Gasteiger charge is 2.60. The fraction of sp³-hybridized carbons (Fsp3) is 0.357. The van der Waals surface area contributed by atoms with E-state index in [2.05, 4.69) is 4.98 Å². The number of alkyl halides is 3. The van der Waals surface area contributed by atoms with Crippen LogP contribution in [-0.2, 0) is 33.8 Å². The molecule has 1 saturated carbocycles. The van der Waals surface area contributed by atoms with Crippen LogP contribution in [-0.4, -0.2) is 43.1 Å². The lowest BCUT2D eigenvalue weighted by Gasteiger charge is -2.17. The third-order valence-electron chi connectivity index (χ3n) is 7.29. The Morgan fingerprint density at radius 2 is 1.83 bits per heavy atom. The Bertz CT molecular complexity index is 1620. The van der Waals surface area contributed by atoms with Crippen molar-refractivity contribution in [2.75, 3.05) is 18.6 Å². The highest BCUT2D eigenvalue weighted by molar-refractivity contribution is 7.90. The van der Waals surface area contributed by atoms with Crippen LogP contribution in [0, 0.1) is 23.5 Å². The van der Waals surface area contributed by atoms with Gasteiger partial charge in [0.25, 0.3) is 0 Å². The van der Waals surface area contributed by atoms with E-state index in [1.54, 1.807) is 6.07 Å². The van der Waals surface area contributed by atoms with Gasteiger partial charge in [0.1, 0.15) is 33.8 Å². The van der Waals surface area contributed by atoms with E-state index in [9.17, 15) is 35.9 Å². The van der Waals surface area contributed by atoms with Crippen LogP contribution < -0.4 is 9.47 Å². The first-order valence-corrected chi connectivity index (χ1v) is 14.6. The Kier molecular flexibility index (Phi) is 7.43. The molecule has 1 N–H and O–H groups in total. The number of ether oxygens (including phenoxy) is 2. The number of nitrogens with zero attached hydrogens (tertiary/aromatic N) is 1. The molecule has 0 unspecified atom stereocenters. The predicted octanol–water partition coefficient (Wildman–Crippen LogP) is 5.41. The molecule has 1 aromatic heterocycles. The number of aromatic nitrogens is 1. The van der Waals surface area contributed by atoms with Crippen LogP contribution in [0.5, 0.6) is 11.6 Å². The first-order valence-electron chi connectivity index (χ1n) is 12.6. The molecule has 3 atom stereocenters. The lowest BCUT2D eigenvalue weighted by atomic mass is 9.96. The Labute approximate surface area is 231 Å². The summed E-state index contributed by atoms with van der Waals surface area (Å²) in [6.07, 6.45) is -1.74. The Morgan fingerprint density at radius 3 is 2.49 bits per heavy atom. The second-order valence-electron chi connectivity index (χ2n) is 10.2. The molecule has 1 fully saturated rings.